The molecule has 2 aromatic carbocycles. The van der Waals surface area contributed by atoms with E-state index in [0.717, 1.165) is 38.5 Å². The Hall–Kier alpha value is -1.62. The summed E-state index contributed by atoms with van der Waals surface area (Å²) in [5.41, 5.74) is 1.23. The molecule has 0 fully saturated rings. The van der Waals surface area contributed by atoms with Crippen LogP contribution in [0.5, 0.6) is 5.75 Å². The fourth-order valence-corrected chi connectivity index (χ4v) is 2.86. The Morgan fingerprint density at radius 2 is 1.79 bits per heavy atom. The lowest BCUT2D eigenvalue weighted by atomic mass is 10.0. The second-order valence-corrected chi connectivity index (χ2v) is 5.81. The van der Waals surface area contributed by atoms with Gasteiger partial charge in [0.15, 0.2) is 0 Å². The molecule has 4 nitrogen and oxygen atoms in total. The number of nitrogens with one attached hydrogen (secondary N) is 1. The van der Waals surface area contributed by atoms with Gasteiger partial charge >= 0.3 is 0 Å². The Morgan fingerprint density at radius 3 is 2.54 bits per heavy atom. The molecule has 0 aliphatic heterocycles. The molecule has 0 unspecified atom stereocenters. The van der Waals surface area contributed by atoms with Crippen LogP contribution < -0.4 is 10.1 Å². The van der Waals surface area contributed by atoms with Crippen molar-refractivity contribution in [3.63, 3.8) is 0 Å². The normalized spacial score (nSPS) is 11.3. The smallest absolute Gasteiger partial charge is 0.124 e. The van der Waals surface area contributed by atoms with E-state index in [-0.39, 0.29) is 0 Å². The maximum atomic E-state index is 5.93. The third-order valence-corrected chi connectivity index (χ3v) is 4.34. The zero-order valence-corrected chi connectivity index (χ0v) is 15.2. The topological polar surface area (TPSA) is 33.7 Å². The number of benzene rings is 2. The fourth-order valence-electron chi connectivity index (χ4n) is 2.86. The van der Waals surface area contributed by atoms with Crippen LogP contribution in [-0.4, -0.2) is 51.4 Å². The minimum Gasteiger partial charge on any atom is -0.491 e. The molecule has 1 N–H and O–H groups in total. The standard InChI is InChI=1S/C20H30N2O2/c1-4-22(5-2)13-12-21-16-19-18-9-7-6-8-17(18)10-11-20(19)24-15-14-23-3/h6-11,21H,4-5,12-16H2,1-3H3. The van der Waals surface area contributed by atoms with Gasteiger partial charge in [0.25, 0.3) is 0 Å². The van der Waals surface area contributed by atoms with Crippen LogP contribution in [0.4, 0.5) is 0 Å². The van der Waals surface area contributed by atoms with Crippen molar-refractivity contribution in [2.24, 2.45) is 0 Å². The average Bonchev–Trinajstić information content (AvgIpc) is 2.63. The van der Waals surface area contributed by atoms with E-state index in [2.05, 4.69) is 60.5 Å². The number of fused-ring (bicyclic) bond motifs is 1. The van der Waals surface area contributed by atoms with Crippen LogP contribution in [-0.2, 0) is 11.3 Å². The Kier molecular flexibility index (Phi) is 8.02. The van der Waals surface area contributed by atoms with Gasteiger partial charge in [-0.2, -0.15) is 0 Å². The number of rotatable bonds is 11. The fraction of sp³-hybridized carbons (Fsp3) is 0.500. The van der Waals surface area contributed by atoms with Gasteiger partial charge in [0, 0.05) is 32.3 Å². The molecule has 0 bridgehead atoms. The van der Waals surface area contributed by atoms with Crippen molar-refractivity contribution >= 4 is 10.8 Å². The lowest BCUT2D eigenvalue weighted by Gasteiger charge is -2.19. The molecule has 0 atom stereocenters. The van der Waals surface area contributed by atoms with Crippen LogP contribution in [0.25, 0.3) is 10.8 Å². The van der Waals surface area contributed by atoms with Crippen molar-refractivity contribution in [3.05, 3.63) is 42.0 Å². The molecule has 0 radical (unpaired) electrons. The summed E-state index contributed by atoms with van der Waals surface area (Å²) in [6, 6.07) is 12.7. The summed E-state index contributed by atoms with van der Waals surface area (Å²) in [6.45, 7) is 10.6. The Labute approximate surface area is 145 Å². The van der Waals surface area contributed by atoms with E-state index in [9.17, 15) is 0 Å². The second kappa shape index (κ2) is 10.3. The van der Waals surface area contributed by atoms with Crippen molar-refractivity contribution in [2.75, 3.05) is 46.5 Å². The quantitative estimate of drug-likeness (QED) is 0.641. The maximum Gasteiger partial charge on any atom is 0.124 e. The van der Waals surface area contributed by atoms with E-state index in [1.54, 1.807) is 7.11 Å². The molecule has 4 heteroatoms. The summed E-state index contributed by atoms with van der Waals surface area (Å²) in [6.07, 6.45) is 0. The highest BCUT2D eigenvalue weighted by atomic mass is 16.5. The van der Waals surface area contributed by atoms with Gasteiger partial charge in [-0.25, -0.2) is 0 Å². The Morgan fingerprint density at radius 1 is 1.00 bits per heavy atom. The van der Waals surface area contributed by atoms with Crippen molar-refractivity contribution in [2.45, 2.75) is 20.4 Å². The zero-order chi connectivity index (χ0) is 17.2. The molecule has 24 heavy (non-hydrogen) atoms. The van der Waals surface area contributed by atoms with Crippen molar-refractivity contribution in [1.29, 1.82) is 0 Å². The predicted molar refractivity (Wildman–Crippen MR) is 101 cm³/mol. The number of likely N-dealkylation sites (N-methyl/N-ethyl adjacent to an activating group) is 1. The highest BCUT2D eigenvalue weighted by Crippen LogP contribution is 2.28. The average molecular weight is 330 g/mol. The third kappa shape index (κ3) is 5.20. The molecular weight excluding hydrogens is 300 g/mol. The van der Waals surface area contributed by atoms with Gasteiger partial charge < -0.3 is 19.7 Å². The molecule has 2 rings (SSSR count). The van der Waals surface area contributed by atoms with E-state index in [1.807, 2.05) is 0 Å². The summed E-state index contributed by atoms with van der Waals surface area (Å²) in [4.78, 5) is 2.42. The van der Waals surface area contributed by atoms with Gasteiger partial charge in [-0.1, -0.05) is 44.2 Å². The number of nitrogens with zero attached hydrogens (tertiary/aromatic N) is 1. The lowest BCUT2D eigenvalue weighted by molar-refractivity contribution is 0.146. The first kappa shape index (κ1) is 18.7. The van der Waals surface area contributed by atoms with Crippen LogP contribution in [0.15, 0.2) is 36.4 Å². The molecular formula is C20H30N2O2. The molecule has 0 saturated heterocycles. The van der Waals surface area contributed by atoms with Crippen LogP contribution in [0.2, 0.25) is 0 Å². The van der Waals surface area contributed by atoms with Gasteiger partial charge in [-0.3, -0.25) is 0 Å². The summed E-state index contributed by atoms with van der Waals surface area (Å²) in [5, 5.41) is 6.07. The molecule has 0 aliphatic rings. The van der Waals surface area contributed by atoms with Crippen molar-refractivity contribution < 1.29 is 9.47 Å². The molecule has 0 spiro atoms. The molecule has 0 aliphatic carbocycles. The highest BCUT2D eigenvalue weighted by molar-refractivity contribution is 5.87. The summed E-state index contributed by atoms with van der Waals surface area (Å²) >= 11 is 0. The van der Waals surface area contributed by atoms with E-state index < -0.39 is 0 Å². The first-order chi connectivity index (χ1) is 11.8. The van der Waals surface area contributed by atoms with Crippen molar-refractivity contribution in [3.8, 4) is 5.75 Å². The molecule has 0 amide bonds. The Bertz CT molecular complexity index is 612. The first-order valence-electron chi connectivity index (χ1n) is 8.85. The van der Waals surface area contributed by atoms with Crippen LogP contribution in [0.3, 0.4) is 0 Å². The number of ether oxygens (including phenoxy) is 2. The van der Waals surface area contributed by atoms with E-state index >= 15 is 0 Å². The molecule has 0 aromatic heterocycles. The monoisotopic (exact) mass is 330 g/mol. The minimum absolute atomic E-state index is 0.571. The Balaban J connectivity index is 2.08. The maximum absolute atomic E-state index is 5.93. The molecule has 2 aromatic rings. The zero-order valence-electron chi connectivity index (χ0n) is 15.2. The van der Waals surface area contributed by atoms with E-state index in [0.29, 0.717) is 13.2 Å². The number of methoxy groups -OCH3 is 1. The first-order valence-corrected chi connectivity index (χ1v) is 8.85. The van der Waals surface area contributed by atoms with Gasteiger partial charge in [-0.05, 0) is 29.9 Å². The van der Waals surface area contributed by atoms with E-state index in [1.165, 1.54) is 16.3 Å². The number of hydrogen-bond donors (Lipinski definition) is 1. The predicted octanol–water partition coefficient (Wildman–Crippen LogP) is 3.30. The van der Waals surface area contributed by atoms with E-state index in [4.69, 9.17) is 9.47 Å². The van der Waals surface area contributed by atoms with Crippen molar-refractivity contribution in [1.82, 2.24) is 10.2 Å². The number of hydrogen-bond acceptors (Lipinski definition) is 4. The van der Waals surface area contributed by atoms with Gasteiger partial charge in [0.05, 0.1) is 6.61 Å². The van der Waals surface area contributed by atoms with Gasteiger partial charge in [-0.15, -0.1) is 0 Å². The minimum atomic E-state index is 0.571. The van der Waals surface area contributed by atoms with Gasteiger partial charge in [0.1, 0.15) is 12.4 Å². The van der Waals surface area contributed by atoms with Crippen LogP contribution in [0.1, 0.15) is 19.4 Å². The summed E-state index contributed by atoms with van der Waals surface area (Å²) in [5.74, 6) is 0.945. The molecule has 132 valence electrons. The van der Waals surface area contributed by atoms with Gasteiger partial charge in [0.2, 0.25) is 0 Å². The highest BCUT2D eigenvalue weighted by Gasteiger charge is 2.09. The summed E-state index contributed by atoms with van der Waals surface area (Å²) in [7, 11) is 1.69. The second-order valence-electron chi connectivity index (χ2n) is 5.81. The summed E-state index contributed by atoms with van der Waals surface area (Å²) < 4.78 is 11.0. The molecule has 0 heterocycles. The molecule has 0 saturated carbocycles. The van der Waals surface area contributed by atoms with Crippen LogP contribution in [0, 0.1) is 0 Å². The van der Waals surface area contributed by atoms with Crippen LogP contribution >= 0.6 is 0 Å². The third-order valence-electron chi connectivity index (χ3n) is 4.34. The largest absolute Gasteiger partial charge is 0.491 e. The lowest BCUT2D eigenvalue weighted by Crippen LogP contribution is -2.31. The SMILES string of the molecule is CCN(CC)CCNCc1c(OCCOC)ccc2ccccc12.